The normalized spacial score (nSPS) is 22.8. The van der Waals surface area contributed by atoms with Crippen molar-refractivity contribution in [3.63, 3.8) is 0 Å². The van der Waals surface area contributed by atoms with Crippen LogP contribution in [0.15, 0.2) is 36.5 Å². The Kier molecular flexibility index (Phi) is 6.44. The summed E-state index contributed by atoms with van der Waals surface area (Å²) in [7, 11) is 0. The topological polar surface area (TPSA) is 66.4 Å². The third-order valence-electron chi connectivity index (χ3n) is 8.69. The number of rotatable bonds is 5. The van der Waals surface area contributed by atoms with Crippen LogP contribution in [0, 0.1) is 24.0 Å². The van der Waals surface area contributed by atoms with Crippen molar-refractivity contribution in [1.82, 2.24) is 25.2 Å². The van der Waals surface area contributed by atoms with Gasteiger partial charge in [0, 0.05) is 67.2 Å². The molecule has 0 aliphatic carbocycles. The maximum absolute atomic E-state index is 16.5. The van der Waals surface area contributed by atoms with Crippen LogP contribution < -0.4 is 15.0 Å². The number of halogens is 3. The molecule has 2 aromatic heterocycles. The summed E-state index contributed by atoms with van der Waals surface area (Å²) in [4.78, 5) is 18.0. The lowest BCUT2D eigenvalue weighted by molar-refractivity contribution is 0.107. The molecular weight excluding hydrogens is 529 g/mol. The number of hydrogen-bond acceptors (Lipinski definition) is 7. The number of nitrogens with zero attached hydrogens (tertiary/aromatic N) is 5. The molecule has 3 aliphatic rings. The molecule has 3 fully saturated rings. The predicted molar refractivity (Wildman–Crippen MR) is 152 cm³/mol. The average molecular weight is 559 g/mol. The van der Waals surface area contributed by atoms with Gasteiger partial charge in [-0.15, -0.1) is 6.42 Å². The zero-order valence-electron chi connectivity index (χ0n) is 22.5. The SMILES string of the molecule is C#Cc1ccc(F)c2cccc(-c3ncc4c(N5CCNCC5)nc(OC[C@@]56CCCN5C[C@H](F)C6)nc4c3F)c12. The van der Waals surface area contributed by atoms with Crippen LogP contribution in [0.1, 0.15) is 24.8 Å². The molecule has 10 heteroatoms. The van der Waals surface area contributed by atoms with E-state index in [1.54, 1.807) is 24.4 Å². The fraction of sp³-hybridized carbons (Fsp3) is 0.387. The zero-order valence-corrected chi connectivity index (χ0v) is 22.5. The second-order valence-electron chi connectivity index (χ2n) is 11.1. The van der Waals surface area contributed by atoms with Crippen LogP contribution in [-0.4, -0.2) is 77.4 Å². The number of hydrogen-bond donors (Lipinski definition) is 1. The fourth-order valence-corrected chi connectivity index (χ4v) is 6.73. The van der Waals surface area contributed by atoms with Crippen molar-refractivity contribution in [2.45, 2.75) is 31.0 Å². The third kappa shape index (κ3) is 4.35. The van der Waals surface area contributed by atoms with Gasteiger partial charge in [-0.1, -0.05) is 24.1 Å². The summed E-state index contributed by atoms with van der Waals surface area (Å²) in [5, 5.41) is 4.47. The van der Waals surface area contributed by atoms with Gasteiger partial charge in [-0.05, 0) is 31.5 Å². The smallest absolute Gasteiger partial charge is 0.319 e. The van der Waals surface area contributed by atoms with Crippen molar-refractivity contribution in [2.75, 3.05) is 50.8 Å². The Morgan fingerprint density at radius 2 is 1.95 bits per heavy atom. The third-order valence-corrected chi connectivity index (χ3v) is 8.69. The van der Waals surface area contributed by atoms with Crippen LogP contribution in [0.4, 0.5) is 19.0 Å². The molecule has 41 heavy (non-hydrogen) atoms. The first-order valence-corrected chi connectivity index (χ1v) is 14.0. The van der Waals surface area contributed by atoms with Gasteiger partial charge in [0.15, 0.2) is 5.82 Å². The summed E-state index contributed by atoms with van der Waals surface area (Å²) in [5.41, 5.74) is 0.486. The number of anilines is 1. The molecule has 0 amide bonds. The molecule has 1 N–H and O–H groups in total. The second-order valence-corrected chi connectivity index (χ2v) is 11.1. The predicted octanol–water partition coefficient (Wildman–Crippen LogP) is 4.47. The monoisotopic (exact) mass is 558 g/mol. The molecule has 3 aliphatic heterocycles. The standard InChI is InChI=1S/C31H29F3N6O/c1-2-19-7-8-24(33)21-5-3-6-22(25(19)21)27-26(34)28-23(16-36-27)29(39-13-10-35-11-14-39)38-30(37-28)41-18-31-9-4-12-40(31)17-20(32)15-31/h1,3,5-8,16,20,35H,4,9-15,17-18H2/t20-,31+/m1/s1. The molecule has 0 saturated carbocycles. The number of ether oxygens (including phenoxy) is 1. The summed E-state index contributed by atoms with van der Waals surface area (Å²) < 4.78 is 51.8. The first kappa shape index (κ1) is 26.0. The summed E-state index contributed by atoms with van der Waals surface area (Å²) in [6, 6.07) is 7.80. The van der Waals surface area contributed by atoms with Crippen LogP contribution in [0.2, 0.25) is 0 Å². The molecule has 0 spiro atoms. The maximum Gasteiger partial charge on any atom is 0.319 e. The van der Waals surface area contributed by atoms with Gasteiger partial charge in [-0.2, -0.15) is 9.97 Å². The van der Waals surface area contributed by atoms with Gasteiger partial charge in [-0.3, -0.25) is 9.88 Å². The lowest BCUT2D eigenvalue weighted by Gasteiger charge is -2.31. The number of terminal acetylenes is 1. The van der Waals surface area contributed by atoms with Gasteiger partial charge < -0.3 is 15.0 Å². The van der Waals surface area contributed by atoms with E-state index in [2.05, 4.69) is 31.0 Å². The van der Waals surface area contributed by atoms with E-state index in [1.165, 1.54) is 12.1 Å². The van der Waals surface area contributed by atoms with Gasteiger partial charge >= 0.3 is 6.01 Å². The quantitative estimate of drug-likeness (QED) is 0.363. The minimum Gasteiger partial charge on any atom is -0.461 e. The van der Waals surface area contributed by atoms with Crippen molar-refractivity contribution >= 4 is 27.5 Å². The molecule has 4 aromatic rings. The molecule has 7 rings (SSSR count). The van der Waals surface area contributed by atoms with Gasteiger partial charge in [0.1, 0.15) is 35.6 Å². The molecule has 7 nitrogen and oxygen atoms in total. The Labute approximate surface area is 235 Å². The second kappa shape index (κ2) is 10.2. The lowest BCUT2D eigenvalue weighted by atomic mass is 9.95. The highest BCUT2D eigenvalue weighted by Crippen LogP contribution is 2.41. The molecule has 2 atom stereocenters. The fourth-order valence-electron chi connectivity index (χ4n) is 6.73. The molecule has 210 valence electrons. The van der Waals surface area contributed by atoms with Gasteiger partial charge in [0.25, 0.3) is 0 Å². The van der Waals surface area contributed by atoms with E-state index < -0.39 is 23.3 Å². The molecule has 3 saturated heterocycles. The van der Waals surface area contributed by atoms with Crippen LogP contribution in [0.25, 0.3) is 32.9 Å². The zero-order chi connectivity index (χ0) is 28.1. The molecule has 0 unspecified atom stereocenters. The van der Waals surface area contributed by atoms with Crippen molar-refractivity contribution < 1.29 is 17.9 Å². The Balaban J connectivity index is 1.36. The summed E-state index contributed by atoms with van der Waals surface area (Å²) in [6.07, 6.45) is 8.63. The largest absolute Gasteiger partial charge is 0.461 e. The Hall–Kier alpha value is -3.94. The molecule has 0 bridgehead atoms. The van der Waals surface area contributed by atoms with Crippen molar-refractivity contribution in [1.29, 1.82) is 0 Å². The Morgan fingerprint density at radius 1 is 1.10 bits per heavy atom. The number of aromatic nitrogens is 3. The van der Waals surface area contributed by atoms with Crippen molar-refractivity contribution in [3.8, 4) is 29.6 Å². The Morgan fingerprint density at radius 3 is 2.78 bits per heavy atom. The first-order valence-electron chi connectivity index (χ1n) is 14.0. The summed E-state index contributed by atoms with van der Waals surface area (Å²) in [5.74, 6) is 1.99. The summed E-state index contributed by atoms with van der Waals surface area (Å²) in [6.45, 7) is 4.32. The highest BCUT2D eigenvalue weighted by atomic mass is 19.1. The average Bonchev–Trinajstić information content (AvgIpc) is 3.52. The Bertz CT molecular complexity index is 1700. The van der Waals surface area contributed by atoms with E-state index in [4.69, 9.17) is 16.1 Å². The van der Waals surface area contributed by atoms with Gasteiger partial charge in [0.05, 0.1) is 10.9 Å². The van der Waals surface area contributed by atoms with Crippen LogP contribution in [0.5, 0.6) is 6.01 Å². The van der Waals surface area contributed by atoms with E-state index >= 15 is 4.39 Å². The van der Waals surface area contributed by atoms with E-state index in [-0.39, 0.29) is 29.2 Å². The highest BCUT2D eigenvalue weighted by Gasteiger charge is 2.49. The number of nitrogens with one attached hydrogen (secondary N) is 1. The molecular formula is C31H29F3N6O. The number of piperazine rings is 1. The maximum atomic E-state index is 16.5. The molecule has 5 heterocycles. The molecule has 0 radical (unpaired) electrons. The lowest BCUT2D eigenvalue weighted by Crippen LogP contribution is -2.44. The first-order chi connectivity index (χ1) is 20.0. The van der Waals surface area contributed by atoms with Crippen LogP contribution >= 0.6 is 0 Å². The van der Waals surface area contributed by atoms with Gasteiger partial charge in [-0.25, -0.2) is 13.2 Å². The minimum atomic E-state index is -0.891. The van der Waals surface area contributed by atoms with E-state index in [1.807, 2.05) is 0 Å². The van der Waals surface area contributed by atoms with E-state index in [0.717, 1.165) is 32.5 Å². The molecule has 2 aromatic carbocycles. The number of benzene rings is 2. The number of alkyl halides is 1. The highest BCUT2D eigenvalue weighted by molar-refractivity contribution is 6.02. The summed E-state index contributed by atoms with van der Waals surface area (Å²) >= 11 is 0. The number of pyridine rings is 1. The van der Waals surface area contributed by atoms with E-state index in [0.29, 0.717) is 53.8 Å². The number of fused-ring (bicyclic) bond motifs is 3. The van der Waals surface area contributed by atoms with Gasteiger partial charge in [0.2, 0.25) is 0 Å². The van der Waals surface area contributed by atoms with Crippen molar-refractivity contribution in [3.05, 3.63) is 53.7 Å². The van der Waals surface area contributed by atoms with E-state index in [9.17, 15) is 8.78 Å². The van der Waals surface area contributed by atoms with Crippen molar-refractivity contribution in [2.24, 2.45) is 0 Å². The van der Waals surface area contributed by atoms with Crippen LogP contribution in [-0.2, 0) is 0 Å². The minimum absolute atomic E-state index is 0.0118. The van der Waals surface area contributed by atoms with Crippen LogP contribution in [0.3, 0.4) is 0 Å².